The van der Waals surface area contributed by atoms with Gasteiger partial charge in [0, 0.05) is 11.5 Å². The molecule has 0 radical (unpaired) electrons. The van der Waals surface area contributed by atoms with Crippen LogP contribution in [0.5, 0.6) is 0 Å². The minimum absolute atomic E-state index is 0.0880. The number of thiol groups is 1. The molecule has 0 saturated carbocycles. The van der Waals surface area contributed by atoms with Crippen LogP contribution >= 0.6 is 24.4 Å². The first kappa shape index (κ1) is 7.02. The molecule has 1 rings (SSSR count). The zero-order valence-electron chi connectivity index (χ0n) is 4.63. The molecule has 1 aliphatic heterocycles. The van der Waals surface area contributed by atoms with Crippen molar-refractivity contribution in [2.45, 2.75) is 0 Å². The van der Waals surface area contributed by atoms with Gasteiger partial charge in [0.2, 0.25) is 0 Å². The van der Waals surface area contributed by atoms with Gasteiger partial charge in [-0.05, 0) is 5.57 Å². The van der Waals surface area contributed by atoms with Gasteiger partial charge in [-0.1, -0.05) is 11.8 Å². The second-order valence-corrected chi connectivity index (χ2v) is 2.95. The standard InChI is InChI=1S/C5H6O2S2/c6-4-3(1-8)2-9-5(4)7/h6,8H,1-2H2. The highest BCUT2D eigenvalue weighted by Gasteiger charge is 2.21. The van der Waals surface area contributed by atoms with Crippen LogP contribution in [0.25, 0.3) is 0 Å². The molecule has 0 aromatic heterocycles. The molecule has 0 fully saturated rings. The van der Waals surface area contributed by atoms with Crippen LogP contribution in [0.2, 0.25) is 0 Å². The van der Waals surface area contributed by atoms with E-state index in [9.17, 15) is 4.79 Å². The summed E-state index contributed by atoms with van der Waals surface area (Å²) >= 11 is 5.06. The molecule has 0 aromatic carbocycles. The number of hydrogen-bond donors (Lipinski definition) is 2. The van der Waals surface area contributed by atoms with Crippen LogP contribution in [0.1, 0.15) is 0 Å². The minimum atomic E-state index is -0.223. The Hall–Kier alpha value is -0.0900. The molecule has 1 aliphatic rings. The highest BCUT2D eigenvalue weighted by atomic mass is 32.2. The lowest BCUT2D eigenvalue weighted by Gasteiger charge is -1.90. The largest absolute Gasteiger partial charge is 0.504 e. The van der Waals surface area contributed by atoms with E-state index in [0.717, 1.165) is 17.3 Å². The molecule has 0 spiro atoms. The third-order valence-electron chi connectivity index (χ3n) is 1.10. The van der Waals surface area contributed by atoms with Gasteiger partial charge in [-0.15, -0.1) is 0 Å². The first-order valence-corrected chi connectivity index (χ1v) is 4.06. The highest BCUT2D eigenvalue weighted by molar-refractivity contribution is 8.14. The maximum absolute atomic E-state index is 10.6. The van der Waals surface area contributed by atoms with Crippen LogP contribution in [0, 0.1) is 0 Å². The van der Waals surface area contributed by atoms with E-state index >= 15 is 0 Å². The Morgan fingerprint density at radius 2 is 2.44 bits per heavy atom. The highest BCUT2D eigenvalue weighted by Crippen LogP contribution is 2.24. The fourth-order valence-corrected chi connectivity index (χ4v) is 1.79. The summed E-state index contributed by atoms with van der Waals surface area (Å²) in [7, 11) is 0. The molecule has 2 nitrogen and oxygen atoms in total. The first-order chi connectivity index (χ1) is 4.25. The molecule has 9 heavy (non-hydrogen) atoms. The fourth-order valence-electron chi connectivity index (χ4n) is 0.554. The van der Waals surface area contributed by atoms with Crippen molar-refractivity contribution in [3.8, 4) is 0 Å². The molecular weight excluding hydrogens is 156 g/mol. The zero-order valence-corrected chi connectivity index (χ0v) is 6.34. The number of aliphatic hydroxyl groups excluding tert-OH is 1. The van der Waals surface area contributed by atoms with Gasteiger partial charge < -0.3 is 5.11 Å². The smallest absolute Gasteiger partial charge is 0.254 e. The van der Waals surface area contributed by atoms with Crippen LogP contribution < -0.4 is 0 Å². The molecule has 0 amide bonds. The van der Waals surface area contributed by atoms with Gasteiger partial charge in [0.05, 0.1) is 0 Å². The van der Waals surface area contributed by atoms with Crippen molar-refractivity contribution in [1.82, 2.24) is 0 Å². The normalized spacial score (nSPS) is 19.4. The third kappa shape index (κ3) is 1.24. The predicted octanol–water partition coefficient (Wildman–Crippen LogP) is 1.00. The summed E-state index contributed by atoms with van der Waals surface area (Å²) < 4.78 is 0. The van der Waals surface area contributed by atoms with Crippen molar-refractivity contribution in [1.29, 1.82) is 0 Å². The van der Waals surface area contributed by atoms with Crippen molar-refractivity contribution in [2.75, 3.05) is 11.5 Å². The van der Waals surface area contributed by atoms with E-state index in [-0.39, 0.29) is 10.9 Å². The maximum Gasteiger partial charge on any atom is 0.254 e. The summed E-state index contributed by atoms with van der Waals surface area (Å²) in [6.07, 6.45) is 0. The van der Waals surface area contributed by atoms with E-state index < -0.39 is 0 Å². The molecule has 50 valence electrons. The number of hydrogen-bond acceptors (Lipinski definition) is 4. The summed E-state index contributed by atoms with van der Waals surface area (Å²) in [6.45, 7) is 0. The molecule has 1 heterocycles. The second-order valence-electron chi connectivity index (χ2n) is 1.69. The lowest BCUT2D eigenvalue weighted by molar-refractivity contribution is -0.109. The van der Waals surface area contributed by atoms with Gasteiger partial charge in [-0.3, -0.25) is 4.79 Å². The molecule has 0 atom stereocenters. The first-order valence-electron chi connectivity index (χ1n) is 2.44. The maximum atomic E-state index is 10.6. The molecule has 0 bridgehead atoms. The van der Waals surface area contributed by atoms with Crippen LogP contribution in [0.15, 0.2) is 11.3 Å². The monoisotopic (exact) mass is 162 g/mol. The predicted molar refractivity (Wildman–Crippen MR) is 41.0 cm³/mol. The van der Waals surface area contributed by atoms with Crippen LogP contribution in [-0.2, 0) is 4.79 Å². The van der Waals surface area contributed by atoms with Gasteiger partial charge in [-0.2, -0.15) is 12.6 Å². The summed E-state index contributed by atoms with van der Waals surface area (Å²) in [5.41, 5.74) is 0.744. The number of carbonyl (C=O) groups excluding carboxylic acids is 1. The number of aliphatic hydroxyl groups is 1. The van der Waals surface area contributed by atoms with Crippen molar-refractivity contribution >= 4 is 29.5 Å². The summed E-state index contributed by atoms with van der Waals surface area (Å²) in [5, 5.41) is 8.69. The molecule has 0 unspecified atom stereocenters. The number of rotatable bonds is 1. The van der Waals surface area contributed by atoms with Crippen molar-refractivity contribution in [3.05, 3.63) is 11.3 Å². The lowest BCUT2D eigenvalue weighted by atomic mass is 10.3. The van der Waals surface area contributed by atoms with Crippen LogP contribution in [-0.4, -0.2) is 21.7 Å². The zero-order chi connectivity index (χ0) is 6.85. The van der Waals surface area contributed by atoms with E-state index in [2.05, 4.69) is 12.6 Å². The lowest BCUT2D eigenvalue weighted by Crippen LogP contribution is -1.92. The minimum Gasteiger partial charge on any atom is -0.504 e. The summed E-state index contributed by atoms with van der Waals surface area (Å²) in [5.74, 6) is 0.994. The fraction of sp³-hybridized carbons (Fsp3) is 0.400. The van der Waals surface area contributed by atoms with Crippen LogP contribution in [0.4, 0.5) is 0 Å². The second kappa shape index (κ2) is 2.66. The van der Waals surface area contributed by atoms with Gasteiger partial charge in [0.1, 0.15) is 0 Å². The molecule has 0 saturated heterocycles. The van der Waals surface area contributed by atoms with E-state index in [0.29, 0.717) is 11.5 Å². The Labute approximate surface area is 62.7 Å². The van der Waals surface area contributed by atoms with Gasteiger partial charge in [0.25, 0.3) is 5.12 Å². The average Bonchev–Trinajstić information content (AvgIpc) is 2.15. The Morgan fingerprint density at radius 3 is 2.67 bits per heavy atom. The van der Waals surface area contributed by atoms with Crippen molar-refractivity contribution < 1.29 is 9.90 Å². The van der Waals surface area contributed by atoms with Gasteiger partial charge in [0.15, 0.2) is 5.76 Å². The molecule has 0 aliphatic carbocycles. The third-order valence-corrected chi connectivity index (χ3v) is 2.43. The van der Waals surface area contributed by atoms with Crippen molar-refractivity contribution in [2.24, 2.45) is 0 Å². The Bertz CT molecular complexity index is 174. The molecule has 1 N–H and O–H groups in total. The quantitative estimate of drug-likeness (QED) is 0.565. The molecule has 0 aromatic rings. The van der Waals surface area contributed by atoms with Crippen molar-refractivity contribution in [3.63, 3.8) is 0 Å². The van der Waals surface area contributed by atoms with E-state index in [1.165, 1.54) is 0 Å². The van der Waals surface area contributed by atoms with Gasteiger partial charge in [-0.25, -0.2) is 0 Å². The molecular formula is C5H6O2S2. The SMILES string of the molecule is O=C1SCC(CS)=C1O. The van der Waals surface area contributed by atoms with E-state index in [1.54, 1.807) is 0 Å². The average molecular weight is 162 g/mol. The number of carbonyl (C=O) groups is 1. The summed E-state index contributed by atoms with van der Waals surface area (Å²) in [6, 6.07) is 0. The topological polar surface area (TPSA) is 37.3 Å². The van der Waals surface area contributed by atoms with E-state index in [1.807, 2.05) is 0 Å². The summed E-state index contributed by atoms with van der Waals surface area (Å²) in [4.78, 5) is 10.6. The Morgan fingerprint density at radius 1 is 1.78 bits per heavy atom. The Balaban J connectivity index is 2.79. The van der Waals surface area contributed by atoms with Gasteiger partial charge >= 0.3 is 0 Å². The van der Waals surface area contributed by atoms with E-state index in [4.69, 9.17) is 5.11 Å². The molecule has 4 heteroatoms. The number of thioether (sulfide) groups is 1. The van der Waals surface area contributed by atoms with Crippen LogP contribution in [0.3, 0.4) is 0 Å². The Kier molecular flexibility index (Phi) is 2.08.